The first-order chi connectivity index (χ1) is 15.7. The van der Waals surface area contributed by atoms with Crippen LogP contribution in [0.1, 0.15) is 30.9 Å². The van der Waals surface area contributed by atoms with Crippen molar-refractivity contribution in [2.24, 2.45) is 0 Å². The first-order valence-electron chi connectivity index (χ1n) is 11.1. The second kappa shape index (κ2) is 10.2. The number of fused-ring (bicyclic) bond motifs is 3. The molecule has 0 radical (unpaired) electrons. The van der Waals surface area contributed by atoms with Crippen LogP contribution in [0.15, 0.2) is 73.3 Å². The minimum absolute atomic E-state index is 0.326. The Kier molecular flexibility index (Phi) is 6.90. The standard InChI is InChI=1S/C28H28O4/c1-3-14-30-25-11-13-27-23(19-25)18-22-17-21(8-12-26(22)27)20-6-9-24(10-7-20)31-15-5-16-32-28(29)4-2/h4,6-13,17,19H,2-3,5,14-16,18H2,1H3. The summed E-state index contributed by atoms with van der Waals surface area (Å²) in [5.41, 5.74) is 7.64. The molecule has 164 valence electrons. The highest BCUT2D eigenvalue weighted by atomic mass is 16.5. The van der Waals surface area contributed by atoms with Crippen LogP contribution in [0.4, 0.5) is 0 Å². The molecule has 0 bridgehead atoms. The Labute approximate surface area is 189 Å². The van der Waals surface area contributed by atoms with Crippen molar-refractivity contribution in [3.05, 3.63) is 84.4 Å². The van der Waals surface area contributed by atoms with Gasteiger partial charge in [-0.3, -0.25) is 0 Å². The maximum Gasteiger partial charge on any atom is 0.330 e. The van der Waals surface area contributed by atoms with Gasteiger partial charge in [0.05, 0.1) is 19.8 Å². The lowest BCUT2D eigenvalue weighted by molar-refractivity contribution is -0.137. The van der Waals surface area contributed by atoms with E-state index in [1.54, 1.807) is 0 Å². The summed E-state index contributed by atoms with van der Waals surface area (Å²) in [5.74, 6) is 1.35. The molecule has 0 unspecified atom stereocenters. The van der Waals surface area contributed by atoms with Gasteiger partial charge in [0.15, 0.2) is 0 Å². The van der Waals surface area contributed by atoms with Gasteiger partial charge in [0.2, 0.25) is 0 Å². The van der Waals surface area contributed by atoms with Gasteiger partial charge < -0.3 is 14.2 Å². The predicted molar refractivity (Wildman–Crippen MR) is 127 cm³/mol. The second-order valence-corrected chi connectivity index (χ2v) is 7.81. The minimum Gasteiger partial charge on any atom is -0.494 e. The Balaban J connectivity index is 1.38. The van der Waals surface area contributed by atoms with E-state index >= 15 is 0 Å². The Morgan fingerprint density at radius 2 is 1.50 bits per heavy atom. The fourth-order valence-corrected chi connectivity index (χ4v) is 3.90. The molecule has 0 N–H and O–H groups in total. The molecule has 0 saturated carbocycles. The fourth-order valence-electron chi connectivity index (χ4n) is 3.90. The number of benzene rings is 3. The van der Waals surface area contributed by atoms with Crippen LogP contribution < -0.4 is 9.47 Å². The highest BCUT2D eigenvalue weighted by Crippen LogP contribution is 2.40. The van der Waals surface area contributed by atoms with E-state index in [4.69, 9.17) is 14.2 Å². The summed E-state index contributed by atoms with van der Waals surface area (Å²) >= 11 is 0. The summed E-state index contributed by atoms with van der Waals surface area (Å²) in [5, 5.41) is 0. The Morgan fingerprint density at radius 3 is 2.25 bits per heavy atom. The third-order valence-electron chi connectivity index (χ3n) is 5.48. The number of esters is 1. The number of hydrogen-bond acceptors (Lipinski definition) is 4. The zero-order valence-corrected chi connectivity index (χ0v) is 18.4. The lowest BCUT2D eigenvalue weighted by Crippen LogP contribution is -2.06. The third-order valence-corrected chi connectivity index (χ3v) is 5.48. The maximum absolute atomic E-state index is 11.0. The molecule has 0 saturated heterocycles. The topological polar surface area (TPSA) is 44.8 Å². The molecule has 0 aromatic heterocycles. The van der Waals surface area contributed by atoms with Gasteiger partial charge in [-0.25, -0.2) is 4.79 Å². The molecule has 4 nitrogen and oxygen atoms in total. The van der Waals surface area contributed by atoms with Crippen LogP contribution in [-0.2, 0) is 16.0 Å². The van der Waals surface area contributed by atoms with Crippen LogP contribution in [0.5, 0.6) is 11.5 Å². The largest absolute Gasteiger partial charge is 0.494 e. The molecule has 0 aliphatic heterocycles. The number of carbonyl (C=O) groups is 1. The smallest absolute Gasteiger partial charge is 0.330 e. The molecule has 0 atom stereocenters. The van der Waals surface area contributed by atoms with E-state index in [9.17, 15) is 4.79 Å². The van der Waals surface area contributed by atoms with E-state index in [1.807, 2.05) is 12.1 Å². The van der Waals surface area contributed by atoms with Crippen LogP contribution in [0, 0.1) is 0 Å². The summed E-state index contributed by atoms with van der Waals surface area (Å²) in [6, 6.07) is 21.2. The quantitative estimate of drug-likeness (QED) is 0.171. The lowest BCUT2D eigenvalue weighted by atomic mass is 9.99. The Morgan fingerprint density at radius 1 is 0.844 bits per heavy atom. The van der Waals surface area contributed by atoms with E-state index in [0.29, 0.717) is 19.6 Å². The molecule has 3 aromatic carbocycles. The van der Waals surface area contributed by atoms with Crippen molar-refractivity contribution in [1.29, 1.82) is 0 Å². The van der Waals surface area contributed by atoms with E-state index in [0.717, 1.165) is 42.6 Å². The molecule has 4 heteroatoms. The monoisotopic (exact) mass is 428 g/mol. The van der Waals surface area contributed by atoms with Crippen molar-refractivity contribution in [3.63, 3.8) is 0 Å². The molecule has 4 rings (SSSR count). The van der Waals surface area contributed by atoms with E-state index in [-0.39, 0.29) is 0 Å². The SMILES string of the molecule is C=CC(=O)OCCCOc1ccc(-c2ccc3c(c2)Cc2cc(OCCC)ccc2-3)cc1. The Hall–Kier alpha value is -3.53. The lowest BCUT2D eigenvalue weighted by Gasteiger charge is -2.09. The molecule has 0 spiro atoms. The third kappa shape index (κ3) is 5.02. The Bertz CT molecular complexity index is 1100. The van der Waals surface area contributed by atoms with Gasteiger partial charge in [-0.1, -0.05) is 49.9 Å². The average molecular weight is 429 g/mol. The molecule has 3 aromatic rings. The van der Waals surface area contributed by atoms with Crippen molar-refractivity contribution >= 4 is 5.97 Å². The van der Waals surface area contributed by atoms with Crippen LogP contribution in [0.3, 0.4) is 0 Å². The normalized spacial score (nSPS) is 11.4. The fraction of sp³-hybridized carbons (Fsp3) is 0.250. The van der Waals surface area contributed by atoms with Crippen LogP contribution in [0.2, 0.25) is 0 Å². The van der Waals surface area contributed by atoms with Gasteiger partial charge in [-0.2, -0.15) is 0 Å². The molecule has 1 aliphatic rings. The van der Waals surface area contributed by atoms with Gasteiger partial charge in [-0.05, 0) is 70.5 Å². The van der Waals surface area contributed by atoms with Gasteiger partial charge >= 0.3 is 5.97 Å². The van der Waals surface area contributed by atoms with E-state index < -0.39 is 5.97 Å². The van der Waals surface area contributed by atoms with Gasteiger partial charge in [0.1, 0.15) is 11.5 Å². The van der Waals surface area contributed by atoms with E-state index in [1.165, 1.54) is 27.8 Å². The summed E-state index contributed by atoms with van der Waals surface area (Å²) in [6.07, 6.45) is 3.74. The first kappa shape index (κ1) is 21.7. The van der Waals surface area contributed by atoms with Gasteiger partial charge in [0, 0.05) is 12.5 Å². The summed E-state index contributed by atoms with van der Waals surface area (Å²) < 4.78 is 16.5. The molecule has 0 heterocycles. The highest BCUT2D eigenvalue weighted by molar-refractivity contribution is 5.81. The van der Waals surface area contributed by atoms with Crippen molar-refractivity contribution in [3.8, 4) is 33.8 Å². The minimum atomic E-state index is -0.405. The summed E-state index contributed by atoms with van der Waals surface area (Å²) in [4.78, 5) is 11.0. The maximum atomic E-state index is 11.0. The van der Waals surface area contributed by atoms with E-state index in [2.05, 4.69) is 62.0 Å². The molecular weight excluding hydrogens is 400 g/mol. The molecule has 0 fully saturated rings. The van der Waals surface area contributed by atoms with Crippen molar-refractivity contribution in [2.45, 2.75) is 26.2 Å². The second-order valence-electron chi connectivity index (χ2n) is 7.81. The van der Waals surface area contributed by atoms with Gasteiger partial charge in [-0.15, -0.1) is 0 Å². The zero-order chi connectivity index (χ0) is 22.3. The predicted octanol–water partition coefficient (Wildman–Crippen LogP) is 6.21. The zero-order valence-electron chi connectivity index (χ0n) is 18.4. The number of rotatable bonds is 10. The number of ether oxygens (including phenoxy) is 3. The van der Waals surface area contributed by atoms with Gasteiger partial charge in [0.25, 0.3) is 0 Å². The van der Waals surface area contributed by atoms with Crippen LogP contribution in [0.25, 0.3) is 22.3 Å². The highest BCUT2D eigenvalue weighted by Gasteiger charge is 2.19. The van der Waals surface area contributed by atoms with Crippen molar-refractivity contribution < 1.29 is 19.0 Å². The number of carbonyl (C=O) groups excluding carboxylic acids is 1. The molecular formula is C28H28O4. The molecule has 0 amide bonds. The summed E-state index contributed by atoms with van der Waals surface area (Å²) in [6.45, 7) is 7.06. The molecule has 32 heavy (non-hydrogen) atoms. The first-order valence-corrected chi connectivity index (χ1v) is 11.1. The molecule has 1 aliphatic carbocycles. The summed E-state index contributed by atoms with van der Waals surface area (Å²) in [7, 11) is 0. The van der Waals surface area contributed by atoms with Crippen LogP contribution in [-0.4, -0.2) is 25.8 Å². The average Bonchev–Trinajstić information content (AvgIpc) is 3.19. The van der Waals surface area contributed by atoms with Crippen LogP contribution >= 0.6 is 0 Å². The van der Waals surface area contributed by atoms with Crippen molar-refractivity contribution in [2.75, 3.05) is 19.8 Å². The van der Waals surface area contributed by atoms with Crippen molar-refractivity contribution in [1.82, 2.24) is 0 Å². The number of hydrogen-bond donors (Lipinski definition) is 0.